The van der Waals surface area contributed by atoms with E-state index < -0.39 is 35.1 Å². The summed E-state index contributed by atoms with van der Waals surface area (Å²) >= 11 is 0. The summed E-state index contributed by atoms with van der Waals surface area (Å²) < 4.78 is 60.7. The highest BCUT2D eigenvalue weighted by Crippen LogP contribution is 2.40. The summed E-state index contributed by atoms with van der Waals surface area (Å²) in [7, 11) is 0. The van der Waals surface area contributed by atoms with Gasteiger partial charge in [-0.2, -0.15) is 18.3 Å². The molecule has 2 N–H and O–H groups in total. The molecule has 3 aromatic rings. The van der Waals surface area contributed by atoms with Crippen LogP contribution < -0.4 is 5.32 Å². The van der Waals surface area contributed by atoms with Crippen LogP contribution >= 0.6 is 0 Å². The van der Waals surface area contributed by atoms with E-state index in [2.05, 4.69) is 15.4 Å². The van der Waals surface area contributed by atoms with Crippen LogP contribution in [-0.2, 0) is 16.5 Å². The Bertz CT molecular complexity index is 1220. The van der Waals surface area contributed by atoms with Crippen LogP contribution in [0.1, 0.15) is 52.2 Å². The molecule has 2 aliphatic rings. The van der Waals surface area contributed by atoms with Crippen LogP contribution in [0.3, 0.4) is 0 Å². The van der Waals surface area contributed by atoms with E-state index in [0.29, 0.717) is 12.0 Å². The van der Waals surface area contributed by atoms with Crippen molar-refractivity contribution in [2.75, 3.05) is 13.2 Å². The number of amides is 1. The van der Waals surface area contributed by atoms with Gasteiger partial charge in [0.25, 0.3) is 5.91 Å². The van der Waals surface area contributed by atoms with Crippen molar-refractivity contribution < 1.29 is 32.2 Å². The highest BCUT2D eigenvalue weighted by molar-refractivity contribution is 6.00. The van der Waals surface area contributed by atoms with Crippen molar-refractivity contribution in [1.82, 2.24) is 19.9 Å². The van der Waals surface area contributed by atoms with E-state index in [9.17, 15) is 27.5 Å². The van der Waals surface area contributed by atoms with E-state index in [1.807, 2.05) is 0 Å². The van der Waals surface area contributed by atoms with Gasteiger partial charge in [-0.3, -0.25) is 4.79 Å². The van der Waals surface area contributed by atoms with E-state index in [1.54, 1.807) is 12.4 Å². The second-order valence-electron chi connectivity index (χ2n) is 8.45. The van der Waals surface area contributed by atoms with Crippen LogP contribution in [0.5, 0.6) is 0 Å². The van der Waals surface area contributed by atoms with Gasteiger partial charge in [0.15, 0.2) is 5.65 Å². The molecule has 1 saturated carbocycles. The van der Waals surface area contributed by atoms with Gasteiger partial charge in [-0.1, -0.05) is 6.07 Å². The lowest BCUT2D eigenvalue weighted by atomic mass is 9.79. The van der Waals surface area contributed by atoms with Crippen LogP contribution in [0.15, 0.2) is 36.8 Å². The molecule has 1 saturated heterocycles. The van der Waals surface area contributed by atoms with Gasteiger partial charge in [-0.25, -0.2) is 13.9 Å². The van der Waals surface area contributed by atoms with Gasteiger partial charge in [-0.15, -0.1) is 0 Å². The maximum absolute atomic E-state index is 14.9. The van der Waals surface area contributed by atoms with E-state index in [1.165, 1.54) is 10.7 Å². The number of nitrogens with zero attached hydrogens (tertiary/aromatic N) is 3. The minimum Gasteiger partial charge on any atom is -0.388 e. The lowest BCUT2D eigenvalue weighted by Gasteiger charge is -2.42. The number of ether oxygens (including phenoxy) is 1. The molecule has 5 rings (SSSR count). The molecule has 3 heterocycles. The molecule has 1 aliphatic heterocycles. The van der Waals surface area contributed by atoms with Crippen LogP contribution in [0, 0.1) is 5.82 Å². The van der Waals surface area contributed by atoms with E-state index in [0.717, 1.165) is 30.5 Å². The van der Waals surface area contributed by atoms with Gasteiger partial charge in [0, 0.05) is 31.0 Å². The summed E-state index contributed by atoms with van der Waals surface area (Å²) in [4.78, 5) is 17.6. The average molecular weight is 464 g/mol. The summed E-state index contributed by atoms with van der Waals surface area (Å²) in [5.41, 5.74) is -1.71. The Kier molecular flexibility index (Phi) is 5.13. The molecule has 33 heavy (non-hydrogen) atoms. The summed E-state index contributed by atoms with van der Waals surface area (Å²) in [5, 5.41) is 17.6. The van der Waals surface area contributed by atoms with Crippen molar-refractivity contribution in [3.8, 4) is 0 Å². The van der Waals surface area contributed by atoms with Crippen LogP contribution in [0.25, 0.3) is 5.65 Å². The molecule has 11 heteroatoms. The zero-order chi connectivity index (χ0) is 23.4. The molecule has 0 spiro atoms. The Morgan fingerprint density at radius 3 is 2.73 bits per heavy atom. The number of carbonyl (C=O) groups excluding carboxylic acids is 1. The first kappa shape index (κ1) is 21.8. The van der Waals surface area contributed by atoms with Gasteiger partial charge >= 0.3 is 6.18 Å². The lowest BCUT2D eigenvalue weighted by Crippen LogP contribution is -2.58. The zero-order valence-electron chi connectivity index (χ0n) is 17.3. The fourth-order valence-electron chi connectivity index (χ4n) is 4.26. The van der Waals surface area contributed by atoms with Gasteiger partial charge in [0.1, 0.15) is 17.5 Å². The molecule has 2 aromatic heterocycles. The molecule has 2 atom stereocenters. The number of aliphatic hydroxyl groups is 1. The number of carbonyl (C=O) groups is 1. The first-order chi connectivity index (χ1) is 15.7. The molecule has 0 radical (unpaired) electrons. The maximum atomic E-state index is 14.9. The average Bonchev–Trinajstić information content (AvgIpc) is 3.53. The second-order valence-corrected chi connectivity index (χ2v) is 8.45. The van der Waals surface area contributed by atoms with E-state index in [4.69, 9.17) is 4.74 Å². The Labute approximate surface area is 185 Å². The number of aromatic nitrogens is 3. The predicted octanol–water partition coefficient (Wildman–Crippen LogP) is 3.17. The van der Waals surface area contributed by atoms with Crippen LogP contribution in [-0.4, -0.2) is 44.9 Å². The first-order valence-electron chi connectivity index (χ1n) is 10.5. The number of hydrogen-bond acceptors (Lipinski definition) is 5. The smallest absolute Gasteiger partial charge is 0.388 e. The Morgan fingerprint density at radius 2 is 2.06 bits per heavy atom. The van der Waals surface area contributed by atoms with Crippen molar-refractivity contribution in [2.45, 2.75) is 43.0 Å². The van der Waals surface area contributed by atoms with Crippen molar-refractivity contribution in [2.24, 2.45) is 0 Å². The van der Waals surface area contributed by atoms with Crippen molar-refractivity contribution in [3.63, 3.8) is 0 Å². The third kappa shape index (κ3) is 3.84. The zero-order valence-corrected chi connectivity index (χ0v) is 17.3. The molecule has 2 fully saturated rings. The fraction of sp³-hybridized carbons (Fsp3) is 0.409. The number of rotatable bonds is 4. The lowest BCUT2D eigenvalue weighted by molar-refractivity contribution is -0.137. The third-order valence-corrected chi connectivity index (χ3v) is 6.27. The summed E-state index contributed by atoms with van der Waals surface area (Å²) in [6, 6.07) is 2.04. The number of fused-ring (bicyclic) bond motifs is 1. The molecule has 1 aliphatic carbocycles. The van der Waals surface area contributed by atoms with E-state index >= 15 is 0 Å². The SMILES string of the molecule is O=C(N[C@]1(c2ccc(C(F)(F)F)cc2F)CCOC[C@H]1O)c1cnn2cc(C3CC3)cnc12. The summed E-state index contributed by atoms with van der Waals surface area (Å²) in [6.07, 6.45) is 0.777. The van der Waals surface area contributed by atoms with Gasteiger partial charge in [-0.05, 0) is 36.5 Å². The molecule has 174 valence electrons. The number of benzene rings is 1. The largest absolute Gasteiger partial charge is 0.416 e. The minimum absolute atomic E-state index is 0.0410. The number of hydrogen-bond donors (Lipinski definition) is 2. The highest BCUT2D eigenvalue weighted by Gasteiger charge is 2.46. The number of alkyl halides is 3. The van der Waals surface area contributed by atoms with E-state index in [-0.39, 0.29) is 36.4 Å². The van der Waals surface area contributed by atoms with Crippen LogP contribution in [0.4, 0.5) is 17.6 Å². The Hall–Kier alpha value is -3.05. The van der Waals surface area contributed by atoms with Gasteiger partial charge in [0.05, 0.1) is 23.9 Å². The second kappa shape index (κ2) is 7.77. The van der Waals surface area contributed by atoms with Crippen molar-refractivity contribution in [1.29, 1.82) is 0 Å². The molecule has 1 aromatic carbocycles. The highest BCUT2D eigenvalue weighted by atomic mass is 19.4. The number of halogens is 4. The molecule has 0 unspecified atom stereocenters. The standard InChI is InChI=1S/C22H20F4N4O3/c23-17-7-14(22(24,25)26)3-4-16(17)21(5-6-33-11-18(21)31)29-20(32)15-9-28-30-10-13(12-1-2-12)8-27-19(15)30/h3-4,7-10,12,18,31H,1-2,5-6,11H2,(H,29,32)/t18-,21+/m1/s1. The molecular formula is C22H20F4N4O3. The number of nitrogens with one attached hydrogen (secondary N) is 1. The quantitative estimate of drug-likeness (QED) is 0.579. The van der Waals surface area contributed by atoms with Gasteiger partial charge in [0.2, 0.25) is 0 Å². The summed E-state index contributed by atoms with van der Waals surface area (Å²) in [5.74, 6) is -1.43. The third-order valence-electron chi connectivity index (χ3n) is 6.27. The monoisotopic (exact) mass is 464 g/mol. The fourth-order valence-corrected chi connectivity index (χ4v) is 4.26. The molecule has 0 bridgehead atoms. The molecule has 1 amide bonds. The predicted molar refractivity (Wildman–Crippen MR) is 107 cm³/mol. The Balaban J connectivity index is 1.51. The molecule has 7 nitrogen and oxygen atoms in total. The van der Waals surface area contributed by atoms with Crippen molar-refractivity contribution in [3.05, 3.63) is 64.9 Å². The van der Waals surface area contributed by atoms with Gasteiger partial charge < -0.3 is 15.2 Å². The van der Waals surface area contributed by atoms with Crippen molar-refractivity contribution >= 4 is 11.6 Å². The first-order valence-corrected chi connectivity index (χ1v) is 10.5. The van der Waals surface area contributed by atoms with Crippen LogP contribution in [0.2, 0.25) is 0 Å². The Morgan fingerprint density at radius 1 is 1.27 bits per heavy atom. The maximum Gasteiger partial charge on any atom is 0.416 e. The molecular weight excluding hydrogens is 444 g/mol. The normalized spacial score (nSPS) is 23.6. The number of aliphatic hydroxyl groups excluding tert-OH is 1. The summed E-state index contributed by atoms with van der Waals surface area (Å²) in [6.45, 7) is -0.159. The topological polar surface area (TPSA) is 88.8 Å². The minimum atomic E-state index is -4.73.